The van der Waals surface area contributed by atoms with Crippen LogP contribution in [0.3, 0.4) is 0 Å². The Morgan fingerprint density at radius 3 is 2.64 bits per heavy atom. The standard InChI is InChI=1S/C17H19N3O2/c1-12-2-5-14(6-3-12)19-17(22)13-4-7-16(18-10-13)20-9-8-15(21)11-20/h2-7,10,15,21H,8-9,11H2,1H3,(H,19,22)/t15-/m0/s1. The Kier molecular flexibility index (Phi) is 4.06. The van der Waals surface area contributed by atoms with Gasteiger partial charge < -0.3 is 15.3 Å². The average Bonchev–Trinajstić information content (AvgIpc) is 2.96. The van der Waals surface area contributed by atoms with Crippen molar-refractivity contribution in [1.82, 2.24) is 4.98 Å². The van der Waals surface area contributed by atoms with E-state index in [-0.39, 0.29) is 12.0 Å². The number of aliphatic hydroxyl groups excluding tert-OH is 1. The second-order valence-corrected chi connectivity index (χ2v) is 5.61. The second kappa shape index (κ2) is 6.15. The van der Waals surface area contributed by atoms with Crippen molar-refractivity contribution in [1.29, 1.82) is 0 Å². The first kappa shape index (κ1) is 14.5. The minimum absolute atomic E-state index is 0.177. The van der Waals surface area contributed by atoms with Crippen LogP contribution >= 0.6 is 0 Å². The van der Waals surface area contributed by atoms with Crippen LogP contribution in [0.25, 0.3) is 0 Å². The van der Waals surface area contributed by atoms with Crippen LogP contribution in [-0.4, -0.2) is 35.2 Å². The van der Waals surface area contributed by atoms with Crippen molar-refractivity contribution in [3.8, 4) is 0 Å². The fraction of sp³-hybridized carbons (Fsp3) is 0.294. The number of aliphatic hydroxyl groups is 1. The number of anilines is 2. The van der Waals surface area contributed by atoms with E-state index in [9.17, 15) is 9.90 Å². The maximum Gasteiger partial charge on any atom is 0.257 e. The van der Waals surface area contributed by atoms with Crippen LogP contribution < -0.4 is 10.2 Å². The molecule has 2 aromatic rings. The lowest BCUT2D eigenvalue weighted by molar-refractivity contribution is 0.102. The van der Waals surface area contributed by atoms with Crippen molar-refractivity contribution in [3.05, 3.63) is 53.7 Å². The quantitative estimate of drug-likeness (QED) is 0.911. The van der Waals surface area contributed by atoms with Crippen molar-refractivity contribution in [2.24, 2.45) is 0 Å². The summed E-state index contributed by atoms with van der Waals surface area (Å²) in [5.74, 6) is 0.618. The SMILES string of the molecule is Cc1ccc(NC(=O)c2ccc(N3CC[C@H](O)C3)nc2)cc1. The minimum Gasteiger partial charge on any atom is -0.391 e. The molecule has 0 bridgehead atoms. The van der Waals surface area contributed by atoms with Crippen LogP contribution in [0, 0.1) is 6.92 Å². The molecule has 2 N–H and O–H groups in total. The van der Waals surface area contributed by atoms with Crippen molar-refractivity contribution in [2.45, 2.75) is 19.4 Å². The number of β-amino-alcohol motifs (C(OH)–C–C–N with tert-alkyl or cyclic N) is 1. The maximum absolute atomic E-state index is 12.2. The number of aromatic nitrogens is 1. The van der Waals surface area contributed by atoms with Crippen molar-refractivity contribution in [3.63, 3.8) is 0 Å². The average molecular weight is 297 g/mol. The predicted molar refractivity (Wildman–Crippen MR) is 86.2 cm³/mol. The molecule has 0 unspecified atom stereocenters. The summed E-state index contributed by atoms with van der Waals surface area (Å²) in [6, 6.07) is 11.2. The highest BCUT2D eigenvalue weighted by Crippen LogP contribution is 2.18. The molecule has 1 atom stereocenters. The molecule has 1 fully saturated rings. The van der Waals surface area contributed by atoms with Gasteiger partial charge in [0, 0.05) is 25.0 Å². The number of carbonyl (C=O) groups is 1. The molecule has 1 aliphatic heterocycles. The number of aryl methyl sites for hydroxylation is 1. The normalized spacial score (nSPS) is 17.5. The van der Waals surface area contributed by atoms with Crippen molar-refractivity contribution < 1.29 is 9.90 Å². The van der Waals surface area contributed by atoms with Crippen molar-refractivity contribution in [2.75, 3.05) is 23.3 Å². The van der Waals surface area contributed by atoms with E-state index in [1.807, 2.05) is 42.2 Å². The molecule has 1 aliphatic rings. The van der Waals surface area contributed by atoms with Gasteiger partial charge in [-0.2, -0.15) is 0 Å². The molecular weight excluding hydrogens is 278 g/mol. The van der Waals surface area contributed by atoms with E-state index in [0.717, 1.165) is 30.0 Å². The Labute approximate surface area is 129 Å². The monoisotopic (exact) mass is 297 g/mol. The van der Waals surface area contributed by atoms with Crippen LogP contribution in [0.4, 0.5) is 11.5 Å². The molecule has 1 amide bonds. The largest absolute Gasteiger partial charge is 0.391 e. The Morgan fingerprint density at radius 2 is 2.05 bits per heavy atom. The van der Waals surface area contributed by atoms with Gasteiger partial charge in [-0.15, -0.1) is 0 Å². The highest BCUT2D eigenvalue weighted by Gasteiger charge is 2.21. The maximum atomic E-state index is 12.2. The van der Waals surface area contributed by atoms with E-state index >= 15 is 0 Å². The van der Waals surface area contributed by atoms with Gasteiger partial charge in [0.25, 0.3) is 5.91 Å². The van der Waals surface area contributed by atoms with E-state index in [1.165, 1.54) is 0 Å². The van der Waals surface area contributed by atoms with Crippen LogP contribution in [0.15, 0.2) is 42.6 Å². The van der Waals surface area contributed by atoms with Crippen molar-refractivity contribution >= 4 is 17.4 Å². The Hall–Kier alpha value is -2.40. The Bertz CT molecular complexity index is 653. The molecular formula is C17H19N3O2. The number of carbonyl (C=O) groups excluding carboxylic acids is 1. The first-order valence-corrected chi connectivity index (χ1v) is 7.39. The summed E-state index contributed by atoms with van der Waals surface area (Å²) < 4.78 is 0. The summed E-state index contributed by atoms with van der Waals surface area (Å²) in [7, 11) is 0. The number of hydrogen-bond donors (Lipinski definition) is 2. The predicted octanol–water partition coefficient (Wildman–Crippen LogP) is 2.21. The van der Waals surface area contributed by atoms with Gasteiger partial charge in [0.05, 0.1) is 11.7 Å². The number of nitrogens with zero attached hydrogens (tertiary/aromatic N) is 2. The minimum atomic E-state index is -0.286. The van der Waals surface area contributed by atoms with Gasteiger partial charge in [-0.25, -0.2) is 4.98 Å². The summed E-state index contributed by atoms with van der Waals surface area (Å²) in [6.07, 6.45) is 2.05. The molecule has 0 radical (unpaired) electrons. The molecule has 1 aromatic carbocycles. The molecule has 22 heavy (non-hydrogen) atoms. The first-order chi connectivity index (χ1) is 10.6. The lowest BCUT2D eigenvalue weighted by atomic mass is 10.2. The van der Waals surface area contributed by atoms with E-state index in [4.69, 9.17) is 0 Å². The van der Waals surface area contributed by atoms with E-state index in [1.54, 1.807) is 12.3 Å². The molecule has 0 aliphatic carbocycles. The molecule has 1 saturated heterocycles. The Morgan fingerprint density at radius 1 is 1.27 bits per heavy atom. The van der Waals surface area contributed by atoms with E-state index in [2.05, 4.69) is 10.3 Å². The van der Waals surface area contributed by atoms with E-state index in [0.29, 0.717) is 12.1 Å². The fourth-order valence-electron chi connectivity index (χ4n) is 2.50. The van der Waals surface area contributed by atoms with Gasteiger partial charge in [0.2, 0.25) is 0 Å². The van der Waals surface area contributed by atoms with Gasteiger partial charge in [-0.05, 0) is 37.6 Å². The number of rotatable bonds is 3. The zero-order chi connectivity index (χ0) is 15.5. The summed E-state index contributed by atoms with van der Waals surface area (Å²) in [5, 5.41) is 12.4. The van der Waals surface area contributed by atoms with Crippen LogP contribution in [-0.2, 0) is 0 Å². The van der Waals surface area contributed by atoms with E-state index < -0.39 is 0 Å². The molecule has 114 valence electrons. The molecule has 3 rings (SSSR count). The topological polar surface area (TPSA) is 65.5 Å². The first-order valence-electron chi connectivity index (χ1n) is 7.39. The third kappa shape index (κ3) is 3.26. The lowest BCUT2D eigenvalue weighted by Crippen LogP contribution is -2.22. The molecule has 5 nitrogen and oxygen atoms in total. The molecule has 0 spiro atoms. The summed E-state index contributed by atoms with van der Waals surface area (Å²) in [5.41, 5.74) is 2.43. The third-order valence-corrected chi connectivity index (χ3v) is 3.81. The summed E-state index contributed by atoms with van der Waals surface area (Å²) in [4.78, 5) is 18.5. The zero-order valence-electron chi connectivity index (χ0n) is 12.5. The molecule has 1 aromatic heterocycles. The summed E-state index contributed by atoms with van der Waals surface area (Å²) >= 11 is 0. The smallest absolute Gasteiger partial charge is 0.257 e. The molecule has 0 saturated carbocycles. The number of benzene rings is 1. The lowest BCUT2D eigenvalue weighted by Gasteiger charge is -2.16. The van der Waals surface area contributed by atoms with Crippen LogP contribution in [0.1, 0.15) is 22.3 Å². The third-order valence-electron chi connectivity index (χ3n) is 3.81. The van der Waals surface area contributed by atoms with Gasteiger partial charge in [0.1, 0.15) is 5.82 Å². The van der Waals surface area contributed by atoms with Gasteiger partial charge in [-0.3, -0.25) is 4.79 Å². The van der Waals surface area contributed by atoms with Gasteiger partial charge in [0.15, 0.2) is 0 Å². The number of nitrogens with one attached hydrogen (secondary N) is 1. The highest BCUT2D eigenvalue weighted by atomic mass is 16.3. The van der Waals surface area contributed by atoms with Gasteiger partial charge >= 0.3 is 0 Å². The Balaban J connectivity index is 1.67. The number of amides is 1. The highest BCUT2D eigenvalue weighted by molar-refractivity contribution is 6.04. The summed E-state index contributed by atoms with van der Waals surface area (Å²) in [6.45, 7) is 3.40. The van der Waals surface area contributed by atoms with Crippen LogP contribution in [0.2, 0.25) is 0 Å². The fourth-order valence-corrected chi connectivity index (χ4v) is 2.50. The molecule has 2 heterocycles. The van der Waals surface area contributed by atoms with Gasteiger partial charge in [-0.1, -0.05) is 17.7 Å². The number of pyridine rings is 1. The van der Waals surface area contributed by atoms with Crippen LogP contribution in [0.5, 0.6) is 0 Å². The zero-order valence-corrected chi connectivity index (χ0v) is 12.5. The second-order valence-electron chi connectivity index (χ2n) is 5.61. The number of hydrogen-bond acceptors (Lipinski definition) is 4. The molecule has 5 heteroatoms.